The molecule has 1 aromatic carbocycles. The zero-order chi connectivity index (χ0) is 17.6. The van der Waals surface area contributed by atoms with Crippen molar-refractivity contribution >= 4 is 11.3 Å². The monoisotopic (exact) mass is 334 g/mol. The molecule has 0 aliphatic heterocycles. The Kier molecular flexibility index (Phi) is 3.31. The minimum Gasteiger partial charge on any atom is -0.300 e. The van der Waals surface area contributed by atoms with E-state index in [1.165, 1.54) is 0 Å². The van der Waals surface area contributed by atoms with Crippen LogP contribution in [0.5, 0.6) is 0 Å². The highest BCUT2D eigenvalue weighted by atomic mass is 16.6. The first kappa shape index (κ1) is 15.0. The Hall–Kier alpha value is -3.55. The number of rotatable bonds is 3. The van der Waals surface area contributed by atoms with Gasteiger partial charge in [0.15, 0.2) is 0 Å². The van der Waals surface area contributed by atoms with Crippen molar-refractivity contribution in [2.75, 3.05) is 0 Å². The fraction of sp³-hybridized carbons (Fsp3) is 0.118. The molecule has 25 heavy (non-hydrogen) atoms. The van der Waals surface area contributed by atoms with Crippen molar-refractivity contribution in [3.63, 3.8) is 0 Å². The van der Waals surface area contributed by atoms with E-state index in [4.69, 9.17) is 0 Å². The summed E-state index contributed by atoms with van der Waals surface area (Å²) in [5.41, 5.74) is 4.59. The van der Waals surface area contributed by atoms with Gasteiger partial charge in [-0.3, -0.25) is 14.7 Å². The van der Waals surface area contributed by atoms with Crippen LogP contribution in [0, 0.1) is 24.0 Å². The van der Waals surface area contributed by atoms with E-state index in [2.05, 4.69) is 15.3 Å². The van der Waals surface area contributed by atoms with E-state index in [9.17, 15) is 10.1 Å². The fourth-order valence-corrected chi connectivity index (χ4v) is 2.93. The molecular weight excluding hydrogens is 320 g/mol. The van der Waals surface area contributed by atoms with Crippen molar-refractivity contribution in [1.82, 2.24) is 24.4 Å². The molecule has 0 atom stereocenters. The Morgan fingerprint density at radius 3 is 2.64 bits per heavy atom. The van der Waals surface area contributed by atoms with Crippen LogP contribution in [0.3, 0.4) is 0 Å². The molecule has 0 saturated heterocycles. The number of imidazole rings is 1. The highest BCUT2D eigenvalue weighted by molar-refractivity contribution is 5.64. The van der Waals surface area contributed by atoms with Gasteiger partial charge in [-0.05, 0) is 37.6 Å². The molecule has 0 spiro atoms. The van der Waals surface area contributed by atoms with Crippen LogP contribution in [0.2, 0.25) is 0 Å². The summed E-state index contributed by atoms with van der Waals surface area (Å²) in [5.74, 6) is 0. The zero-order valence-corrected chi connectivity index (χ0v) is 13.6. The lowest BCUT2D eigenvalue weighted by Gasteiger charge is -2.09. The van der Waals surface area contributed by atoms with Gasteiger partial charge in [0.1, 0.15) is 17.0 Å². The molecule has 0 bridgehead atoms. The summed E-state index contributed by atoms with van der Waals surface area (Å²) in [7, 11) is 0. The van der Waals surface area contributed by atoms with Gasteiger partial charge in [0.05, 0.1) is 10.6 Å². The molecule has 8 heteroatoms. The number of nitrogens with zero attached hydrogens (tertiary/aromatic N) is 6. The second-order valence-electron chi connectivity index (χ2n) is 5.79. The molecule has 0 unspecified atom stereocenters. The zero-order valence-electron chi connectivity index (χ0n) is 13.6. The minimum absolute atomic E-state index is 0.0983. The third kappa shape index (κ3) is 2.44. The fourth-order valence-electron chi connectivity index (χ4n) is 2.93. The lowest BCUT2D eigenvalue weighted by molar-refractivity contribution is -0.385. The lowest BCUT2D eigenvalue weighted by atomic mass is 10.1. The first-order chi connectivity index (χ1) is 12.0. The third-order valence-electron chi connectivity index (χ3n) is 4.13. The van der Waals surface area contributed by atoms with Crippen LogP contribution < -0.4 is 0 Å². The van der Waals surface area contributed by atoms with Gasteiger partial charge in [-0.2, -0.15) is 10.2 Å². The normalized spacial score (nSPS) is 11.1. The van der Waals surface area contributed by atoms with Crippen LogP contribution in [-0.2, 0) is 0 Å². The van der Waals surface area contributed by atoms with E-state index in [1.54, 1.807) is 36.0 Å². The number of aromatic nitrogens is 5. The molecule has 8 nitrogen and oxygen atoms in total. The number of fused-ring (bicyclic) bond motifs is 1. The number of aryl methyl sites for hydroxylation is 2. The molecule has 4 aromatic rings. The summed E-state index contributed by atoms with van der Waals surface area (Å²) in [6.45, 7) is 3.67. The summed E-state index contributed by atoms with van der Waals surface area (Å²) in [4.78, 5) is 10.9. The summed E-state index contributed by atoms with van der Waals surface area (Å²) < 4.78 is 3.60. The van der Waals surface area contributed by atoms with Crippen LogP contribution in [0.25, 0.3) is 22.7 Å². The topological polar surface area (TPSA) is 91.2 Å². The SMILES string of the molecule is Cc1cc(C)c([N+](=O)[O-])cc1-n1ccn2nc(-c3cccnn3)cc12. The first-order valence-corrected chi connectivity index (χ1v) is 7.65. The maximum absolute atomic E-state index is 11.3. The van der Waals surface area contributed by atoms with Crippen molar-refractivity contribution < 1.29 is 4.92 Å². The van der Waals surface area contributed by atoms with Gasteiger partial charge in [0.2, 0.25) is 0 Å². The van der Waals surface area contributed by atoms with Gasteiger partial charge in [-0.15, -0.1) is 5.10 Å². The Balaban J connectivity index is 1.89. The van der Waals surface area contributed by atoms with Gasteiger partial charge in [0.25, 0.3) is 5.69 Å². The number of hydrogen-bond acceptors (Lipinski definition) is 5. The first-order valence-electron chi connectivity index (χ1n) is 7.65. The standard InChI is InChI=1S/C17H14N6O2/c1-11-8-12(2)16(23(24)25)10-15(11)21-6-7-22-17(21)9-14(20-22)13-4-3-5-18-19-13/h3-10H,1-2H3. The van der Waals surface area contributed by atoms with E-state index in [0.717, 1.165) is 16.9 Å². The van der Waals surface area contributed by atoms with Gasteiger partial charge >= 0.3 is 0 Å². The van der Waals surface area contributed by atoms with Crippen molar-refractivity contribution in [2.24, 2.45) is 0 Å². The smallest absolute Gasteiger partial charge is 0.274 e. The number of hydrogen-bond donors (Lipinski definition) is 0. The average Bonchev–Trinajstić information content (AvgIpc) is 3.16. The van der Waals surface area contributed by atoms with E-state index in [1.807, 2.05) is 35.9 Å². The summed E-state index contributed by atoms with van der Waals surface area (Å²) in [6, 6.07) is 8.94. The molecular formula is C17H14N6O2. The Bertz CT molecular complexity index is 1100. The van der Waals surface area contributed by atoms with E-state index in [0.29, 0.717) is 17.0 Å². The van der Waals surface area contributed by atoms with Crippen LogP contribution >= 0.6 is 0 Å². The van der Waals surface area contributed by atoms with Crippen LogP contribution in [0.15, 0.2) is 48.9 Å². The lowest BCUT2D eigenvalue weighted by Crippen LogP contribution is -2.00. The van der Waals surface area contributed by atoms with Crippen molar-refractivity contribution in [1.29, 1.82) is 0 Å². The van der Waals surface area contributed by atoms with Gasteiger partial charge < -0.3 is 0 Å². The van der Waals surface area contributed by atoms with Gasteiger partial charge in [-0.1, -0.05) is 0 Å². The number of benzene rings is 1. The predicted molar refractivity (Wildman–Crippen MR) is 91.7 cm³/mol. The summed E-state index contributed by atoms with van der Waals surface area (Å²) in [5, 5.41) is 23.7. The van der Waals surface area contributed by atoms with E-state index < -0.39 is 0 Å². The second-order valence-corrected chi connectivity index (χ2v) is 5.79. The number of nitro benzene ring substituents is 1. The molecule has 3 heterocycles. The molecule has 0 radical (unpaired) electrons. The third-order valence-corrected chi connectivity index (χ3v) is 4.13. The molecule has 0 aliphatic rings. The van der Waals surface area contributed by atoms with Crippen LogP contribution in [0.1, 0.15) is 11.1 Å². The molecule has 0 saturated carbocycles. The second kappa shape index (κ2) is 5.52. The Morgan fingerprint density at radius 1 is 1.08 bits per heavy atom. The van der Waals surface area contributed by atoms with Crippen molar-refractivity contribution in [2.45, 2.75) is 13.8 Å². The van der Waals surface area contributed by atoms with Crippen LogP contribution in [-0.4, -0.2) is 29.3 Å². The maximum Gasteiger partial charge on any atom is 0.274 e. The molecule has 0 fully saturated rings. The number of nitro groups is 1. The van der Waals surface area contributed by atoms with Crippen LogP contribution in [0.4, 0.5) is 5.69 Å². The van der Waals surface area contributed by atoms with Gasteiger partial charge in [-0.25, -0.2) is 4.52 Å². The van der Waals surface area contributed by atoms with Gasteiger partial charge in [0, 0.05) is 36.3 Å². The largest absolute Gasteiger partial charge is 0.300 e. The highest BCUT2D eigenvalue weighted by Gasteiger charge is 2.17. The van der Waals surface area contributed by atoms with Crippen molar-refractivity contribution in [3.8, 4) is 17.1 Å². The quantitative estimate of drug-likeness (QED) is 0.424. The summed E-state index contributed by atoms with van der Waals surface area (Å²) >= 11 is 0. The van der Waals surface area contributed by atoms with Crippen molar-refractivity contribution in [3.05, 3.63) is 70.2 Å². The van der Waals surface area contributed by atoms with E-state index in [-0.39, 0.29) is 10.6 Å². The Morgan fingerprint density at radius 2 is 1.92 bits per heavy atom. The minimum atomic E-state index is -0.361. The van der Waals surface area contributed by atoms with E-state index >= 15 is 0 Å². The maximum atomic E-state index is 11.3. The molecule has 0 amide bonds. The average molecular weight is 334 g/mol. The highest BCUT2D eigenvalue weighted by Crippen LogP contribution is 2.28. The Labute approximate surface area is 142 Å². The molecule has 3 aromatic heterocycles. The molecule has 4 rings (SSSR count). The summed E-state index contributed by atoms with van der Waals surface area (Å²) in [6.07, 6.45) is 5.25. The predicted octanol–water partition coefficient (Wildman–Crippen LogP) is 3.11. The molecule has 0 N–H and O–H groups in total. The molecule has 124 valence electrons. The molecule has 0 aliphatic carbocycles.